The Bertz CT molecular complexity index is 239. The van der Waals surface area contributed by atoms with Gasteiger partial charge in [-0.3, -0.25) is 4.84 Å². The van der Waals surface area contributed by atoms with E-state index in [0.717, 1.165) is 12.8 Å². The minimum atomic E-state index is -4.25. The van der Waals surface area contributed by atoms with Crippen LogP contribution in [0.15, 0.2) is 12.2 Å². The highest BCUT2D eigenvalue weighted by molar-refractivity contribution is 5.12. The molecule has 2 nitrogen and oxygen atoms in total. The molecule has 0 radical (unpaired) electrons. The number of hydrogen-bond acceptors (Lipinski definition) is 2. The smallest absolute Gasteiger partial charge is 0.292 e. The van der Waals surface area contributed by atoms with Crippen molar-refractivity contribution in [3.05, 3.63) is 12.2 Å². The van der Waals surface area contributed by atoms with Crippen molar-refractivity contribution in [1.82, 2.24) is 5.48 Å². The van der Waals surface area contributed by atoms with Crippen molar-refractivity contribution in [2.45, 2.75) is 25.1 Å². The van der Waals surface area contributed by atoms with E-state index in [2.05, 4.69) is 22.5 Å². The van der Waals surface area contributed by atoms with Gasteiger partial charge in [0, 0.05) is 6.04 Å². The largest absolute Gasteiger partial charge is 0.413 e. The highest BCUT2D eigenvalue weighted by atomic mass is 19.4. The van der Waals surface area contributed by atoms with Crippen molar-refractivity contribution < 1.29 is 18.0 Å². The fourth-order valence-corrected chi connectivity index (χ4v) is 2.09. The molecule has 0 aromatic rings. The number of rotatable bonds is 3. The number of halogens is 3. The van der Waals surface area contributed by atoms with Gasteiger partial charge in [-0.1, -0.05) is 12.2 Å². The molecule has 2 aliphatic rings. The van der Waals surface area contributed by atoms with Crippen LogP contribution in [0.4, 0.5) is 13.2 Å². The number of alkyl halides is 3. The Kier molecular flexibility index (Phi) is 2.53. The maximum atomic E-state index is 11.7. The van der Waals surface area contributed by atoms with Crippen LogP contribution in [-0.2, 0) is 4.84 Å². The normalized spacial score (nSPS) is 35.5. The van der Waals surface area contributed by atoms with Gasteiger partial charge in [-0.2, -0.15) is 18.7 Å². The zero-order valence-electron chi connectivity index (χ0n) is 7.55. The molecule has 1 N–H and O–H groups in total. The molecule has 5 heteroatoms. The standard InChI is InChI=1S/C9H12F3NO/c10-9(11,12)5-14-13-8-4-6-2-1-3-7(6)8/h1,3,6-8,13H,2,4-5H2. The third kappa shape index (κ3) is 2.09. The van der Waals surface area contributed by atoms with Gasteiger partial charge >= 0.3 is 6.18 Å². The van der Waals surface area contributed by atoms with Gasteiger partial charge in [0.15, 0.2) is 6.61 Å². The first kappa shape index (κ1) is 9.98. The molecule has 14 heavy (non-hydrogen) atoms. The van der Waals surface area contributed by atoms with E-state index in [0.29, 0.717) is 11.8 Å². The van der Waals surface area contributed by atoms with Crippen LogP contribution in [0.2, 0.25) is 0 Å². The first-order chi connectivity index (χ1) is 6.56. The summed E-state index contributed by atoms with van der Waals surface area (Å²) >= 11 is 0. The van der Waals surface area contributed by atoms with Gasteiger partial charge in [-0.15, -0.1) is 0 Å². The Morgan fingerprint density at radius 1 is 1.43 bits per heavy atom. The summed E-state index contributed by atoms with van der Waals surface area (Å²) in [6.45, 7) is -1.22. The highest BCUT2D eigenvalue weighted by Gasteiger charge is 2.41. The van der Waals surface area contributed by atoms with Crippen molar-refractivity contribution in [1.29, 1.82) is 0 Å². The molecule has 2 rings (SSSR count). The van der Waals surface area contributed by atoms with Gasteiger partial charge in [0.05, 0.1) is 0 Å². The van der Waals surface area contributed by atoms with Gasteiger partial charge in [-0.05, 0) is 24.7 Å². The minimum absolute atomic E-state index is 0.0705. The molecule has 0 aliphatic heterocycles. The van der Waals surface area contributed by atoms with Crippen molar-refractivity contribution in [3.63, 3.8) is 0 Å². The molecule has 0 aromatic heterocycles. The Morgan fingerprint density at radius 2 is 2.21 bits per heavy atom. The molecule has 0 aromatic carbocycles. The number of hydrogen-bond donors (Lipinski definition) is 1. The van der Waals surface area contributed by atoms with Crippen molar-refractivity contribution in [2.75, 3.05) is 6.61 Å². The monoisotopic (exact) mass is 207 g/mol. The average Bonchev–Trinajstić information content (AvgIpc) is 2.39. The van der Waals surface area contributed by atoms with Crippen molar-refractivity contribution >= 4 is 0 Å². The van der Waals surface area contributed by atoms with Gasteiger partial charge in [-0.25, -0.2) is 0 Å². The molecule has 1 saturated carbocycles. The maximum Gasteiger partial charge on any atom is 0.413 e. The summed E-state index contributed by atoms with van der Waals surface area (Å²) in [7, 11) is 0. The summed E-state index contributed by atoms with van der Waals surface area (Å²) in [4.78, 5) is 4.40. The molecule has 80 valence electrons. The molecule has 0 spiro atoms. The Morgan fingerprint density at radius 3 is 2.86 bits per heavy atom. The zero-order valence-corrected chi connectivity index (χ0v) is 7.55. The summed E-state index contributed by atoms with van der Waals surface area (Å²) < 4.78 is 35.2. The van der Waals surface area contributed by atoms with Crippen LogP contribution < -0.4 is 5.48 Å². The van der Waals surface area contributed by atoms with Crippen molar-refractivity contribution in [3.8, 4) is 0 Å². The van der Waals surface area contributed by atoms with Gasteiger partial charge in [0.1, 0.15) is 0 Å². The van der Waals surface area contributed by atoms with Crippen LogP contribution in [0.1, 0.15) is 12.8 Å². The van der Waals surface area contributed by atoms with Gasteiger partial charge < -0.3 is 0 Å². The highest BCUT2D eigenvalue weighted by Crippen LogP contribution is 2.42. The molecule has 1 fully saturated rings. The minimum Gasteiger partial charge on any atom is -0.292 e. The van der Waals surface area contributed by atoms with E-state index < -0.39 is 12.8 Å². The predicted molar refractivity (Wildman–Crippen MR) is 44.3 cm³/mol. The summed E-state index contributed by atoms with van der Waals surface area (Å²) in [5.41, 5.74) is 2.48. The lowest BCUT2D eigenvalue weighted by atomic mass is 9.72. The fraction of sp³-hybridized carbons (Fsp3) is 0.778. The second kappa shape index (κ2) is 3.55. The topological polar surface area (TPSA) is 21.3 Å². The average molecular weight is 207 g/mol. The van der Waals surface area contributed by atoms with Crippen LogP contribution >= 0.6 is 0 Å². The first-order valence-corrected chi connectivity index (χ1v) is 4.67. The second-order valence-electron chi connectivity index (χ2n) is 3.87. The van der Waals surface area contributed by atoms with Crippen LogP contribution in [0, 0.1) is 11.8 Å². The van der Waals surface area contributed by atoms with E-state index in [1.165, 1.54) is 0 Å². The summed E-state index contributed by atoms with van der Waals surface area (Å²) in [5.74, 6) is 1.00. The van der Waals surface area contributed by atoms with E-state index in [1.54, 1.807) is 0 Å². The molecule has 0 amide bonds. The summed E-state index contributed by atoms with van der Waals surface area (Å²) in [6.07, 6.45) is 1.86. The molecule has 3 atom stereocenters. The van der Waals surface area contributed by atoms with E-state index in [1.807, 2.05) is 0 Å². The number of allylic oxidation sites excluding steroid dienone is 1. The molecular weight excluding hydrogens is 195 g/mol. The molecule has 3 unspecified atom stereocenters. The molecule has 0 heterocycles. The maximum absolute atomic E-state index is 11.7. The fourth-order valence-electron chi connectivity index (χ4n) is 2.09. The number of fused-ring (bicyclic) bond motifs is 1. The molecule has 0 bridgehead atoms. The van der Waals surface area contributed by atoms with Gasteiger partial charge in [0.2, 0.25) is 0 Å². The first-order valence-electron chi connectivity index (χ1n) is 4.67. The zero-order chi connectivity index (χ0) is 10.2. The lowest BCUT2D eigenvalue weighted by molar-refractivity contribution is -0.198. The van der Waals surface area contributed by atoms with Crippen LogP contribution in [-0.4, -0.2) is 18.8 Å². The number of hydroxylamine groups is 1. The second-order valence-corrected chi connectivity index (χ2v) is 3.87. The lowest BCUT2D eigenvalue weighted by Gasteiger charge is -2.40. The predicted octanol–water partition coefficient (Wildman–Crippen LogP) is 2.03. The third-order valence-electron chi connectivity index (χ3n) is 2.83. The Balaban J connectivity index is 1.66. The molecule has 2 aliphatic carbocycles. The summed E-state index contributed by atoms with van der Waals surface area (Å²) in [5, 5.41) is 0. The quantitative estimate of drug-likeness (QED) is 0.564. The van der Waals surface area contributed by atoms with Crippen LogP contribution in [0.3, 0.4) is 0 Å². The van der Waals surface area contributed by atoms with E-state index in [4.69, 9.17) is 0 Å². The Labute approximate surface area is 80.1 Å². The number of nitrogens with one attached hydrogen (secondary N) is 1. The van der Waals surface area contributed by atoms with E-state index >= 15 is 0 Å². The summed E-state index contributed by atoms with van der Waals surface area (Å²) in [6, 6.07) is 0.0705. The van der Waals surface area contributed by atoms with Gasteiger partial charge in [0.25, 0.3) is 0 Å². The lowest BCUT2D eigenvalue weighted by Crippen LogP contribution is -2.48. The Hall–Kier alpha value is -0.550. The van der Waals surface area contributed by atoms with E-state index in [-0.39, 0.29) is 6.04 Å². The SMILES string of the molecule is FC(F)(F)CONC1CC2CC=CC21. The van der Waals surface area contributed by atoms with Crippen LogP contribution in [0.25, 0.3) is 0 Å². The molecule has 0 saturated heterocycles. The van der Waals surface area contributed by atoms with Crippen molar-refractivity contribution in [2.24, 2.45) is 11.8 Å². The third-order valence-corrected chi connectivity index (χ3v) is 2.83. The van der Waals surface area contributed by atoms with Crippen LogP contribution in [0.5, 0.6) is 0 Å². The van der Waals surface area contributed by atoms with E-state index in [9.17, 15) is 13.2 Å². The molecular formula is C9H12F3NO.